The summed E-state index contributed by atoms with van der Waals surface area (Å²) in [5.41, 5.74) is 2.81. The summed E-state index contributed by atoms with van der Waals surface area (Å²) < 4.78 is 11.8. The molecule has 1 aliphatic carbocycles. The van der Waals surface area contributed by atoms with Crippen LogP contribution in [0, 0.1) is 0 Å². The molecule has 6 nitrogen and oxygen atoms in total. The number of hydrogen-bond acceptors (Lipinski definition) is 5. The Morgan fingerprint density at radius 1 is 1.27 bits per heavy atom. The number of carbonyl (C=O) groups is 1. The van der Waals surface area contributed by atoms with E-state index in [0.717, 1.165) is 35.2 Å². The van der Waals surface area contributed by atoms with Crippen LogP contribution in [0.15, 0.2) is 30.3 Å². The Bertz CT molecular complexity index is 978. The third-order valence-electron chi connectivity index (χ3n) is 4.53. The standard InChI is InChI=1S/C19H18ClN3O3/c1-25-13-7-3-11(4-8-13)10-23-18-16(17(22-23)12-5-6-12)14(20)9-15(21-18)19(24)26-2/h3-4,7-9,12H,5-6,10H2,1-2H3. The van der Waals surface area contributed by atoms with Gasteiger partial charge in [-0.2, -0.15) is 5.10 Å². The minimum absolute atomic E-state index is 0.184. The highest BCUT2D eigenvalue weighted by Crippen LogP contribution is 2.44. The van der Waals surface area contributed by atoms with E-state index < -0.39 is 5.97 Å². The maximum atomic E-state index is 11.9. The third kappa shape index (κ3) is 3.01. The highest BCUT2D eigenvalue weighted by atomic mass is 35.5. The molecule has 1 aliphatic rings. The molecule has 4 rings (SSSR count). The Labute approximate surface area is 155 Å². The van der Waals surface area contributed by atoms with Crippen molar-refractivity contribution in [3.63, 3.8) is 0 Å². The number of carbonyl (C=O) groups excluding carboxylic acids is 1. The Morgan fingerprint density at radius 2 is 2.00 bits per heavy atom. The summed E-state index contributed by atoms with van der Waals surface area (Å²) in [5, 5.41) is 6.08. The van der Waals surface area contributed by atoms with E-state index in [1.54, 1.807) is 13.2 Å². The van der Waals surface area contributed by atoms with Crippen molar-refractivity contribution < 1.29 is 14.3 Å². The molecule has 0 spiro atoms. The number of benzene rings is 1. The number of esters is 1. The van der Waals surface area contributed by atoms with Crippen LogP contribution >= 0.6 is 11.6 Å². The second-order valence-corrected chi connectivity index (χ2v) is 6.75. The Hall–Kier alpha value is -2.60. The third-order valence-corrected chi connectivity index (χ3v) is 4.83. The summed E-state index contributed by atoms with van der Waals surface area (Å²) in [6, 6.07) is 9.33. The van der Waals surface area contributed by atoms with Crippen LogP contribution in [0.1, 0.15) is 40.5 Å². The molecule has 0 saturated heterocycles. The van der Waals surface area contributed by atoms with Crippen molar-refractivity contribution in [2.45, 2.75) is 25.3 Å². The SMILES string of the molecule is COC(=O)c1cc(Cl)c2c(C3CC3)nn(Cc3ccc(OC)cc3)c2n1. The van der Waals surface area contributed by atoms with Gasteiger partial charge in [0, 0.05) is 5.92 Å². The predicted octanol–water partition coefficient (Wildman–Crippen LogP) is 3.81. The number of rotatable bonds is 5. The molecule has 2 aromatic heterocycles. The fourth-order valence-electron chi connectivity index (χ4n) is 3.02. The summed E-state index contributed by atoms with van der Waals surface area (Å²) in [6.07, 6.45) is 2.20. The highest BCUT2D eigenvalue weighted by molar-refractivity contribution is 6.35. The van der Waals surface area contributed by atoms with Gasteiger partial charge < -0.3 is 9.47 Å². The first kappa shape index (κ1) is 16.8. The van der Waals surface area contributed by atoms with Gasteiger partial charge in [-0.1, -0.05) is 23.7 Å². The molecule has 3 aromatic rings. The highest BCUT2D eigenvalue weighted by Gasteiger charge is 2.31. The van der Waals surface area contributed by atoms with Gasteiger partial charge in [-0.3, -0.25) is 0 Å². The molecule has 0 bridgehead atoms. The Kier molecular flexibility index (Phi) is 4.28. The minimum atomic E-state index is -0.515. The lowest BCUT2D eigenvalue weighted by Gasteiger charge is -2.06. The van der Waals surface area contributed by atoms with E-state index in [1.165, 1.54) is 7.11 Å². The van der Waals surface area contributed by atoms with E-state index in [4.69, 9.17) is 26.2 Å². The lowest BCUT2D eigenvalue weighted by Crippen LogP contribution is -2.07. The number of nitrogens with zero attached hydrogens (tertiary/aromatic N) is 3. The maximum Gasteiger partial charge on any atom is 0.356 e. The van der Waals surface area contributed by atoms with Gasteiger partial charge in [-0.15, -0.1) is 0 Å². The second kappa shape index (κ2) is 6.61. The van der Waals surface area contributed by atoms with Gasteiger partial charge in [0.1, 0.15) is 5.75 Å². The summed E-state index contributed by atoms with van der Waals surface area (Å²) in [4.78, 5) is 16.4. The molecule has 1 saturated carbocycles. The average Bonchev–Trinajstić information content (AvgIpc) is 3.44. The number of methoxy groups -OCH3 is 2. The maximum absolute atomic E-state index is 11.9. The molecule has 134 valence electrons. The monoisotopic (exact) mass is 371 g/mol. The molecule has 0 radical (unpaired) electrons. The minimum Gasteiger partial charge on any atom is -0.497 e. The quantitative estimate of drug-likeness (QED) is 0.638. The van der Waals surface area contributed by atoms with E-state index in [-0.39, 0.29) is 5.69 Å². The van der Waals surface area contributed by atoms with Crippen molar-refractivity contribution in [3.8, 4) is 5.75 Å². The molecular formula is C19H18ClN3O3. The first-order valence-corrected chi connectivity index (χ1v) is 8.76. The zero-order valence-electron chi connectivity index (χ0n) is 14.5. The second-order valence-electron chi connectivity index (χ2n) is 6.34. The smallest absolute Gasteiger partial charge is 0.356 e. The van der Waals surface area contributed by atoms with E-state index in [2.05, 4.69) is 4.98 Å². The fraction of sp³-hybridized carbons (Fsp3) is 0.316. The molecule has 26 heavy (non-hydrogen) atoms. The van der Waals surface area contributed by atoms with Crippen LogP contribution < -0.4 is 4.74 Å². The summed E-state index contributed by atoms with van der Waals surface area (Å²) in [6.45, 7) is 0.529. The molecule has 0 amide bonds. The molecule has 2 heterocycles. The molecule has 0 atom stereocenters. The lowest BCUT2D eigenvalue weighted by molar-refractivity contribution is 0.0594. The molecule has 0 aliphatic heterocycles. The van der Waals surface area contributed by atoms with Gasteiger partial charge in [-0.25, -0.2) is 14.5 Å². The molecule has 0 unspecified atom stereocenters. The molecule has 0 N–H and O–H groups in total. The number of fused-ring (bicyclic) bond motifs is 1. The zero-order valence-corrected chi connectivity index (χ0v) is 15.3. The molecule has 1 aromatic carbocycles. The average molecular weight is 372 g/mol. The van der Waals surface area contributed by atoms with E-state index >= 15 is 0 Å². The van der Waals surface area contributed by atoms with Crippen molar-refractivity contribution in [2.24, 2.45) is 0 Å². The Balaban J connectivity index is 1.81. The van der Waals surface area contributed by atoms with Crippen molar-refractivity contribution in [1.82, 2.24) is 14.8 Å². The number of halogens is 1. The summed E-state index contributed by atoms with van der Waals surface area (Å²) >= 11 is 6.48. The lowest BCUT2D eigenvalue weighted by atomic mass is 10.2. The first-order valence-electron chi connectivity index (χ1n) is 8.39. The number of pyridine rings is 1. The topological polar surface area (TPSA) is 66.2 Å². The van der Waals surface area contributed by atoms with Crippen LogP contribution in [0.3, 0.4) is 0 Å². The normalized spacial score (nSPS) is 13.8. The van der Waals surface area contributed by atoms with Crippen molar-refractivity contribution in [1.29, 1.82) is 0 Å². The zero-order chi connectivity index (χ0) is 18.3. The van der Waals surface area contributed by atoms with Crippen LogP contribution in [0.4, 0.5) is 0 Å². The van der Waals surface area contributed by atoms with Crippen LogP contribution in [-0.2, 0) is 11.3 Å². The molecule has 7 heteroatoms. The van der Waals surface area contributed by atoms with Crippen molar-refractivity contribution >= 4 is 28.6 Å². The Morgan fingerprint density at radius 3 is 2.62 bits per heavy atom. The van der Waals surface area contributed by atoms with Gasteiger partial charge in [0.15, 0.2) is 11.3 Å². The van der Waals surface area contributed by atoms with Crippen molar-refractivity contribution in [2.75, 3.05) is 14.2 Å². The van der Waals surface area contributed by atoms with E-state index in [9.17, 15) is 4.79 Å². The number of hydrogen-bond donors (Lipinski definition) is 0. The van der Waals surface area contributed by atoms with Crippen molar-refractivity contribution in [3.05, 3.63) is 52.3 Å². The van der Waals surface area contributed by atoms with Crippen LogP contribution in [-0.4, -0.2) is 35.0 Å². The largest absolute Gasteiger partial charge is 0.497 e. The van der Waals surface area contributed by atoms with Gasteiger partial charge >= 0.3 is 5.97 Å². The fourth-order valence-corrected chi connectivity index (χ4v) is 3.30. The first-order chi connectivity index (χ1) is 12.6. The predicted molar refractivity (Wildman–Crippen MR) is 97.9 cm³/mol. The van der Waals surface area contributed by atoms with Crippen LogP contribution in [0.2, 0.25) is 5.02 Å². The summed E-state index contributed by atoms with van der Waals surface area (Å²) in [5.74, 6) is 0.698. The summed E-state index contributed by atoms with van der Waals surface area (Å²) in [7, 11) is 2.96. The van der Waals surface area contributed by atoms with Gasteiger partial charge in [-0.05, 0) is 36.6 Å². The van der Waals surface area contributed by atoms with E-state index in [1.807, 2.05) is 28.9 Å². The van der Waals surface area contributed by atoms with Crippen LogP contribution in [0.5, 0.6) is 5.75 Å². The van der Waals surface area contributed by atoms with Gasteiger partial charge in [0.25, 0.3) is 0 Å². The van der Waals surface area contributed by atoms with Crippen LogP contribution in [0.25, 0.3) is 11.0 Å². The number of ether oxygens (including phenoxy) is 2. The number of aromatic nitrogens is 3. The van der Waals surface area contributed by atoms with E-state index in [0.29, 0.717) is 23.1 Å². The van der Waals surface area contributed by atoms with Gasteiger partial charge in [0.05, 0.1) is 36.9 Å². The molecule has 1 fully saturated rings. The van der Waals surface area contributed by atoms with Gasteiger partial charge in [0.2, 0.25) is 0 Å². The molecular weight excluding hydrogens is 354 g/mol.